The third kappa shape index (κ3) is 3.11. The fraction of sp³-hybridized carbons (Fsp3) is 0.263. The summed E-state index contributed by atoms with van der Waals surface area (Å²) in [4.78, 5) is 25.6. The summed E-state index contributed by atoms with van der Waals surface area (Å²) in [6, 6.07) is 12.8. The predicted molar refractivity (Wildman–Crippen MR) is 93.8 cm³/mol. The number of fused-ring (bicyclic) bond motifs is 1. The van der Waals surface area contributed by atoms with E-state index in [1.807, 2.05) is 24.3 Å². The van der Waals surface area contributed by atoms with E-state index in [0.29, 0.717) is 28.6 Å². The van der Waals surface area contributed by atoms with Crippen LogP contribution in [0, 0.1) is 0 Å². The van der Waals surface area contributed by atoms with E-state index in [9.17, 15) is 9.59 Å². The lowest BCUT2D eigenvalue weighted by Gasteiger charge is -2.26. The van der Waals surface area contributed by atoms with Crippen LogP contribution in [-0.2, 0) is 4.79 Å². The van der Waals surface area contributed by atoms with Crippen molar-refractivity contribution < 1.29 is 14.3 Å². The highest BCUT2D eigenvalue weighted by Crippen LogP contribution is 2.33. The largest absolute Gasteiger partial charge is 0.482 e. The molecule has 1 N–H and O–H groups in total. The highest BCUT2D eigenvalue weighted by molar-refractivity contribution is 6.05. The van der Waals surface area contributed by atoms with Gasteiger partial charge in [0.05, 0.1) is 5.69 Å². The first-order valence-corrected chi connectivity index (χ1v) is 7.90. The molecule has 0 bridgehead atoms. The Labute approximate surface area is 141 Å². The molecule has 0 saturated carbocycles. The molecular weight excluding hydrogens is 304 g/mol. The van der Waals surface area contributed by atoms with Crippen LogP contribution in [0.25, 0.3) is 0 Å². The van der Waals surface area contributed by atoms with E-state index in [4.69, 9.17) is 4.74 Å². The van der Waals surface area contributed by atoms with Crippen molar-refractivity contribution in [1.82, 2.24) is 0 Å². The van der Waals surface area contributed by atoms with Crippen molar-refractivity contribution in [3.63, 3.8) is 0 Å². The summed E-state index contributed by atoms with van der Waals surface area (Å²) < 4.78 is 5.38. The van der Waals surface area contributed by atoms with E-state index in [1.165, 1.54) is 10.5 Å². The first kappa shape index (κ1) is 16.1. The van der Waals surface area contributed by atoms with Gasteiger partial charge in [0.2, 0.25) is 0 Å². The minimum absolute atomic E-state index is 0.0391. The molecule has 0 aromatic heterocycles. The van der Waals surface area contributed by atoms with Gasteiger partial charge < -0.3 is 15.0 Å². The maximum Gasteiger partial charge on any atom is 0.264 e. The number of carbonyl (C=O) groups excluding carboxylic acids is 2. The van der Waals surface area contributed by atoms with Gasteiger partial charge in [0.15, 0.2) is 6.61 Å². The van der Waals surface area contributed by atoms with Crippen LogP contribution in [0.2, 0.25) is 0 Å². The van der Waals surface area contributed by atoms with Gasteiger partial charge in [-0.2, -0.15) is 0 Å². The van der Waals surface area contributed by atoms with E-state index in [2.05, 4.69) is 19.2 Å². The van der Waals surface area contributed by atoms with Crippen molar-refractivity contribution in [3.8, 4) is 5.75 Å². The van der Waals surface area contributed by atoms with E-state index in [1.54, 1.807) is 25.2 Å². The predicted octanol–water partition coefficient (Wildman–Crippen LogP) is 3.42. The van der Waals surface area contributed by atoms with Gasteiger partial charge in [0.1, 0.15) is 5.75 Å². The number of benzene rings is 2. The van der Waals surface area contributed by atoms with Crippen LogP contribution in [0.1, 0.15) is 35.7 Å². The van der Waals surface area contributed by atoms with Crippen molar-refractivity contribution in [2.45, 2.75) is 19.8 Å². The zero-order valence-corrected chi connectivity index (χ0v) is 14.0. The fourth-order valence-electron chi connectivity index (χ4n) is 2.57. The zero-order chi connectivity index (χ0) is 17.3. The molecule has 3 rings (SSSR count). The summed E-state index contributed by atoms with van der Waals surface area (Å²) in [6.07, 6.45) is 0. The maximum atomic E-state index is 12.4. The van der Waals surface area contributed by atoms with Crippen LogP contribution in [0.5, 0.6) is 5.75 Å². The summed E-state index contributed by atoms with van der Waals surface area (Å²) in [6.45, 7) is 4.27. The molecule has 0 atom stereocenters. The van der Waals surface area contributed by atoms with Crippen molar-refractivity contribution in [2.75, 3.05) is 23.9 Å². The van der Waals surface area contributed by atoms with Crippen molar-refractivity contribution in [3.05, 3.63) is 53.6 Å². The minimum Gasteiger partial charge on any atom is -0.482 e. The molecule has 24 heavy (non-hydrogen) atoms. The summed E-state index contributed by atoms with van der Waals surface area (Å²) in [5, 5.41) is 2.86. The number of amides is 2. The summed E-state index contributed by atoms with van der Waals surface area (Å²) in [5.41, 5.74) is 3.06. The van der Waals surface area contributed by atoms with Gasteiger partial charge in [-0.1, -0.05) is 26.0 Å². The number of rotatable bonds is 3. The number of nitrogens with one attached hydrogen (secondary N) is 1. The molecule has 1 heterocycles. The van der Waals surface area contributed by atoms with Gasteiger partial charge in [-0.3, -0.25) is 9.59 Å². The standard InChI is InChI=1S/C19H20N2O3/c1-12(2)13-4-6-14(7-5-13)19(23)20-15-8-9-17-16(10-15)21(3)18(22)11-24-17/h4-10,12H,11H2,1-3H3,(H,20,23). The fourth-order valence-corrected chi connectivity index (χ4v) is 2.57. The van der Waals surface area contributed by atoms with Crippen molar-refractivity contribution >= 4 is 23.2 Å². The van der Waals surface area contributed by atoms with Crippen LogP contribution in [0.3, 0.4) is 0 Å². The Kier molecular flexibility index (Phi) is 4.25. The molecular formula is C19H20N2O3. The monoisotopic (exact) mass is 324 g/mol. The third-order valence-electron chi connectivity index (χ3n) is 4.14. The number of ether oxygens (including phenoxy) is 1. The second-order valence-corrected chi connectivity index (χ2v) is 6.15. The number of carbonyl (C=O) groups is 2. The molecule has 1 aliphatic heterocycles. The Morgan fingerprint density at radius 1 is 1.17 bits per heavy atom. The lowest BCUT2D eigenvalue weighted by atomic mass is 10.0. The van der Waals surface area contributed by atoms with Crippen LogP contribution < -0.4 is 15.0 Å². The lowest BCUT2D eigenvalue weighted by Crippen LogP contribution is -2.35. The second-order valence-electron chi connectivity index (χ2n) is 6.15. The van der Waals surface area contributed by atoms with Crippen LogP contribution in [0.4, 0.5) is 11.4 Å². The van der Waals surface area contributed by atoms with Gasteiger partial charge in [-0.15, -0.1) is 0 Å². The Morgan fingerprint density at radius 3 is 2.54 bits per heavy atom. The summed E-state index contributed by atoms with van der Waals surface area (Å²) >= 11 is 0. The number of likely N-dealkylation sites (N-methyl/N-ethyl adjacent to an activating group) is 1. The average Bonchev–Trinajstić information content (AvgIpc) is 2.58. The number of hydrogen-bond donors (Lipinski definition) is 1. The molecule has 2 amide bonds. The second kappa shape index (κ2) is 6.35. The molecule has 0 radical (unpaired) electrons. The summed E-state index contributed by atoms with van der Waals surface area (Å²) in [7, 11) is 1.69. The first-order valence-electron chi connectivity index (χ1n) is 7.90. The van der Waals surface area contributed by atoms with Gasteiger partial charge in [-0.05, 0) is 41.8 Å². The van der Waals surface area contributed by atoms with E-state index >= 15 is 0 Å². The van der Waals surface area contributed by atoms with Gasteiger partial charge >= 0.3 is 0 Å². The Morgan fingerprint density at radius 2 is 1.88 bits per heavy atom. The van der Waals surface area contributed by atoms with Crippen LogP contribution in [0.15, 0.2) is 42.5 Å². The molecule has 2 aromatic rings. The normalized spacial score (nSPS) is 13.5. The molecule has 0 unspecified atom stereocenters. The molecule has 0 aliphatic carbocycles. The van der Waals surface area contributed by atoms with Gasteiger partial charge in [0.25, 0.3) is 11.8 Å². The van der Waals surface area contributed by atoms with Crippen LogP contribution in [-0.4, -0.2) is 25.5 Å². The average molecular weight is 324 g/mol. The van der Waals surface area contributed by atoms with E-state index < -0.39 is 0 Å². The molecule has 0 saturated heterocycles. The quantitative estimate of drug-likeness (QED) is 0.941. The van der Waals surface area contributed by atoms with Crippen molar-refractivity contribution in [1.29, 1.82) is 0 Å². The van der Waals surface area contributed by atoms with Gasteiger partial charge in [-0.25, -0.2) is 0 Å². The van der Waals surface area contributed by atoms with E-state index in [-0.39, 0.29) is 18.4 Å². The molecule has 2 aromatic carbocycles. The Balaban J connectivity index is 1.78. The smallest absolute Gasteiger partial charge is 0.264 e. The molecule has 124 valence electrons. The number of anilines is 2. The first-order chi connectivity index (χ1) is 11.5. The maximum absolute atomic E-state index is 12.4. The van der Waals surface area contributed by atoms with Crippen LogP contribution >= 0.6 is 0 Å². The van der Waals surface area contributed by atoms with Crippen molar-refractivity contribution in [2.24, 2.45) is 0 Å². The molecule has 0 spiro atoms. The molecule has 5 heteroatoms. The SMILES string of the molecule is CC(C)c1ccc(C(=O)Nc2ccc3c(c2)N(C)C(=O)CO3)cc1. The summed E-state index contributed by atoms with van der Waals surface area (Å²) in [5.74, 6) is 0.762. The minimum atomic E-state index is -0.184. The topological polar surface area (TPSA) is 58.6 Å². The van der Waals surface area contributed by atoms with Gasteiger partial charge in [0, 0.05) is 18.3 Å². The zero-order valence-electron chi connectivity index (χ0n) is 14.0. The number of hydrogen-bond acceptors (Lipinski definition) is 3. The Bertz CT molecular complexity index is 782. The highest BCUT2D eigenvalue weighted by Gasteiger charge is 2.22. The molecule has 1 aliphatic rings. The third-order valence-corrected chi connectivity index (χ3v) is 4.14. The molecule has 0 fully saturated rings. The highest BCUT2D eigenvalue weighted by atomic mass is 16.5. The number of nitrogens with zero attached hydrogens (tertiary/aromatic N) is 1. The van der Waals surface area contributed by atoms with E-state index in [0.717, 1.165) is 0 Å². The molecule has 5 nitrogen and oxygen atoms in total. The lowest BCUT2D eigenvalue weighted by molar-refractivity contribution is -0.120. The Hall–Kier alpha value is -2.82.